The first-order valence-corrected chi connectivity index (χ1v) is 13.4. The zero-order valence-electron chi connectivity index (χ0n) is 21.5. The fourth-order valence-electron chi connectivity index (χ4n) is 6.26. The molecule has 1 aliphatic carbocycles. The van der Waals surface area contributed by atoms with Crippen molar-refractivity contribution in [2.45, 2.75) is 12.0 Å². The number of hydrogen-bond donors (Lipinski definition) is 0. The fourth-order valence-corrected chi connectivity index (χ4v) is 6.26. The molecule has 2 unspecified atom stereocenters. The summed E-state index contributed by atoms with van der Waals surface area (Å²) in [5, 5.41) is 11.6. The molecule has 4 aromatic carbocycles. The first kappa shape index (κ1) is 22.6. The number of benzene rings is 4. The van der Waals surface area contributed by atoms with Crippen molar-refractivity contribution in [3.05, 3.63) is 137 Å². The van der Waals surface area contributed by atoms with Crippen molar-refractivity contribution in [3.8, 4) is 28.3 Å². The van der Waals surface area contributed by atoms with Gasteiger partial charge in [-0.25, -0.2) is 0 Å². The minimum atomic E-state index is 0.146. The second-order valence-corrected chi connectivity index (χ2v) is 10.4. The topological polar surface area (TPSA) is 53.1 Å². The average Bonchev–Trinajstić information content (AvgIpc) is 3.55. The van der Waals surface area contributed by atoms with Crippen LogP contribution in [0, 0.1) is 11.3 Å². The number of anilines is 2. The number of nitrogens with zero attached hydrogens (tertiary/aromatic N) is 3. The molecule has 0 radical (unpaired) electrons. The number of hydrogen-bond acceptors (Lipinski definition) is 4. The largest absolute Gasteiger partial charge is 0.456 e. The molecule has 0 spiro atoms. The summed E-state index contributed by atoms with van der Waals surface area (Å²) in [5.41, 5.74) is 10.4. The smallest absolute Gasteiger partial charge is 0.135 e. The first-order valence-electron chi connectivity index (χ1n) is 13.4. The fraction of sp³-hybridized carbons (Fsp3) is 0.0556. The lowest BCUT2D eigenvalue weighted by atomic mass is 9.90. The van der Waals surface area contributed by atoms with E-state index in [-0.39, 0.29) is 12.0 Å². The van der Waals surface area contributed by atoms with Crippen LogP contribution in [0.1, 0.15) is 17.0 Å². The van der Waals surface area contributed by atoms with E-state index >= 15 is 0 Å². The molecule has 40 heavy (non-hydrogen) atoms. The van der Waals surface area contributed by atoms with Crippen LogP contribution in [0.15, 0.2) is 120 Å². The van der Waals surface area contributed by atoms with Crippen LogP contribution in [0.5, 0.6) is 0 Å². The molecule has 8 rings (SSSR count). The third-order valence-electron chi connectivity index (χ3n) is 8.07. The van der Waals surface area contributed by atoms with Gasteiger partial charge in [0.25, 0.3) is 0 Å². The lowest BCUT2D eigenvalue weighted by Crippen LogP contribution is -2.36. The van der Waals surface area contributed by atoms with Crippen molar-refractivity contribution in [2.75, 3.05) is 4.90 Å². The third-order valence-corrected chi connectivity index (χ3v) is 8.07. The molecule has 2 atom stereocenters. The van der Waals surface area contributed by atoms with Gasteiger partial charge >= 0.3 is 0 Å². The molecule has 1 aliphatic heterocycles. The molecule has 6 aromatic rings. The maximum atomic E-state index is 9.32. The lowest BCUT2D eigenvalue weighted by Gasteiger charge is -2.29. The van der Waals surface area contributed by atoms with Crippen molar-refractivity contribution >= 4 is 34.5 Å². The second kappa shape index (κ2) is 8.83. The molecule has 2 aliphatic rings. The predicted molar refractivity (Wildman–Crippen MR) is 159 cm³/mol. The molecule has 3 heterocycles. The molecule has 0 bridgehead atoms. The SMILES string of the molecule is N#Cc1cncc(-c2cccc(-c3cccc(N4c5ccccc5C5C=c6oc7ccccc7c6=CC54)c3)c2)c1. The van der Waals surface area contributed by atoms with Gasteiger partial charge in [-0.05, 0) is 70.8 Å². The predicted octanol–water partition coefficient (Wildman–Crippen LogP) is 6.91. The van der Waals surface area contributed by atoms with Crippen molar-refractivity contribution in [3.63, 3.8) is 0 Å². The van der Waals surface area contributed by atoms with Gasteiger partial charge in [0.05, 0.1) is 11.6 Å². The van der Waals surface area contributed by atoms with E-state index in [2.05, 4.69) is 113 Å². The highest BCUT2D eigenvalue weighted by atomic mass is 16.3. The second-order valence-electron chi connectivity index (χ2n) is 10.4. The summed E-state index contributed by atoms with van der Waals surface area (Å²) < 4.78 is 6.27. The Balaban J connectivity index is 1.25. The summed E-state index contributed by atoms with van der Waals surface area (Å²) in [6.07, 6.45) is 8.08. The van der Waals surface area contributed by atoms with Crippen LogP contribution in [0.25, 0.3) is 45.4 Å². The van der Waals surface area contributed by atoms with E-state index in [1.54, 1.807) is 12.4 Å². The summed E-state index contributed by atoms with van der Waals surface area (Å²) >= 11 is 0. The Hall–Kier alpha value is -5.40. The summed E-state index contributed by atoms with van der Waals surface area (Å²) in [6.45, 7) is 0. The molecule has 0 saturated carbocycles. The number of furan rings is 1. The Morgan fingerprint density at radius 1 is 0.725 bits per heavy atom. The molecule has 0 N–H and O–H groups in total. The van der Waals surface area contributed by atoms with Gasteiger partial charge in [-0.2, -0.15) is 5.26 Å². The standard InChI is InChI=1S/C36H23N3O/c37-20-23-15-27(22-38-21-23)25-8-5-7-24(16-25)26-9-6-10-28(17-26)39-33-13-3-1-11-29(33)31-19-36-32(18-34(31)39)30-12-2-4-14-35(30)40-36/h1-19,21-22,31,34H. The number of para-hydroxylation sites is 2. The normalized spacial score (nSPS) is 16.8. The Morgan fingerprint density at radius 2 is 1.50 bits per heavy atom. The zero-order valence-corrected chi connectivity index (χ0v) is 21.5. The van der Waals surface area contributed by atoms with Crippen LogP contribution in [-0.4, -0.2) is 11.0 Å². The van der Waals surface area contributed by atoms with Gasteiger partial charge in [-0.1, -0.05) is 66.7 Å². The van der Waals surface area contributed by atoms with Gasteiger partial charge in [0, 0.05) is 45.9 Å². The van der Waals surface area contributed by atoms with Crippen molar-refractivity contribution in [1.29, 1.82) is 5.26 Å². The average molecular weight is 514 g/mol. The quantitative estimate of drug-likeness (QED) is 0.258. The Morgan fingerprint density at radius 3 is 2.40 bits per heavy atom. The van der Waals surface area contributed by atoms with E-state index in [9.17, 15) is 5.26 Å². The third kappa shape index (κ3) is 3.49. The number of aromatic nitrogens is 1. The summed E-state index contributed by atoms with van der Waals surface area (Å²) in [7, 11) is 0. The molecular formula is C36H23N3O. The first-order chi connectivity index (χ1) is 19.8. The highest BCUT2D eigenvalue weighted by Crippen LogP contribution is 2.47. The van der Waals surface area contributed by atoms with Gasteiger partial charge in [-0.15, -0.1) is 0 Å². The van der Waals surface area contributed by atoms with Crippen LogP contribution >= 0.6 is 0 Å². The minimum Gasteiger partial charge on any atom is -0.456 e. The van der Waals surface area contributed by atoms with E-state index < -0.39 is 0 Å². The number of rotatable bonds is 3. The van der Waals surface area contributed by atoms with Gasteiger partial charge in [0.15, 0.2) is 0 Å². The van der Waals surface area contributed by atoms with Crippen molar-refractivity contribution in [1.82, 2.24) is 4.98 Å². The van der Waals surface area contributed by atoms with Crippen molar-refractivity contribution in [2.24, 2.45) is 0 Å². The minimum absolute atomic E-state index is 0.146. The van der Waals surface area contributed by atoms with Crippen LogP contribution in [0.4, 0.5) is 11.4 Å². The van der Waals surface area contributed by atoms with Gasteiger partial charge in [0.2, 0.25) is 0 Å². The molecule has 0 amide bonds. The van der Waals surface area contributed by atoms with Crippen LogP contribution in [-0.2, 0) is 0 Å². The molecule has 0 saturated heterocycles. The lowest BCUT2D eigenvalue weighted by molar-refractivity contribution is 0.567. The Labute approximate surface area is 231 Å². The summed E-state index contributed by atoms with van der Waals surface area (Å²) in [6, 6.07) is 38.4. The summed E-state index contributed by atoms with van der Waals surface area (Å²) in [4.78, 5) is 6.72. The van der Waals surface area contributed by atoms with Crippen molar-refractivity contribution < 1.29 is 4.42 Å². The number of pyridine rings is 1. The summed E-state index contributed by atoms with van der Waals surface area (Å²) in [5.74, 6) is 0.205. The van der Waals surface area contributed by atoms with Gasteiger partial charge < -0.3 is 9.32 Å². The van der Waals surface area contributed by atoms with E-state index in [4.69, 9.17) is 4.42 Å². The van der Waals surface area contributed by atoms with Crippen LogP contribution < -0.4 is 15.5 Å². The maximum Gasteiger partial charge on any atom is 0.135 e. The zero-order chi connectivity index (χ0) is 26.6. The van der Waals surface area contributed by atoms with Crippen LogP contribution in [0.2, 0.25) is 0 Å². The molecule has 188 valence electrons. The van der Waals surface area contributed by atoms with E-state index in [0.29, 0.717) is 5.56 Å². The van der Waals surface area contributed by atoms with Gasteiger partial charge in [-0.3, -0.25) is 4.98 Å². The highest BCUT2D eigenvalue weighted by Gasteiger charge is 2.38. The van der Waals surface area contributed by atoms with Crippen LogP contribution in [0.3, 0.4) is 0 Å². The molecule has 2 aromatic heterocycles. The monoisotopic (exact) mass is 513 g/mol. The van der Waals surface area contributed by atoms with E-state index in [0.717, 1.165) is 44.3 Å². The Bertz CT molecular complexity index is 2120. The number of nitriles is 1. The molecule has 4 nitrogen and oxygen atoms in total. The number of fused-ring (bicyclic) bond motifs is 6. The highest BCUT2D eigenvalue weighted by molar-refractivity contribution is 5.86. The van der Waals surface area contributed by atoms with Gasteiger partial charge in [0.1, 0.15) is 17.1 Å². The maximum absolute atomic E-state index is 9.32. The Kier molecular flexibility index (Phi) is 4.98. The van der Waals surface area contributed by atoms with E-state index in [1.807, 2.05) is 18.2 Å². The molecule has 4 heteroatoms. The molecular weight excluding hydrogens is 490 g/mol. The molecule has 0 fully saturated rings. The van der Waals surface area contributed by atoms with E-state index in [1.165, 1.54) is 16.5 Å².